The minimum Gasteiger partial charge on any atom is -0.396 e. The second-order valence-electron chi connectivity index (χ2n) is 3.98. The fraction of sp³-hybridized carbons (Fsp3) is 0.417. The summed E-state index contributed by atoms with van der Waals surface area (Å²) in [7, 11) is 0. The van der Waals surface area contributed by atoms with E-state index < -0.39 is 5.82 Å². The van der Waals surface area contributed by atoms with Crippen LogP contribution >= 0.6 is 27.7 Å². The summed E-state index contributed by atoms with van der Waals surface area (Å²) in [4.78, 5) is 11.5. The lowest BCUT2D eigenvalue weighted by Gasteiger charge is -2.08. The maximum absolute atomic E-state index is 13.4. The van der Waals surface area contributed by atoms with Gasteiger partial charge in [0.15, 0.2) is 0 Å². The number of thioether (sulfide) groups is 1. The number of carbonyl (C=O) groups excluding carboxylic acids is 1. The largest absolute Gasteiger partial charge is 0.396 e. The third-order valence-electron chi connectivity index (χ3n) is 2.15. The highest BCUT2D eigenvalue weighted by molar-refractivity contribution is 9.10. The van der Waals surface area contributed by atoms with E-state index in [4.69, 9.17) is 5.11 Å². The Morgan fingerprint density at radius 2 is 2.33 bits per heavy atom. The van der Waals surface area contributed by atoms with E-state index in [9.17, 15) is 9.18 Å². The molecule has 1 rings (SSSR count). The zero-order valence-electron chi connectivity index (χ0n) is 9.95. The standard InChI is InChI=1S/C12H15BrFNO2S/c1-8(5-16)6-18-7-12(17)15-11-3-2-9(13)4-10(11)14/h2-4,8,16H,5-7H2,1H3,(H,15,17). The van der Waals surface area contributed by atoms with Crippen molar-refractivity contribution in [1.29, 1.82) is 0 Å². The normalized spacial score (nSPS) is 12.2. The van der Waals surface area contributed by atoms with Gasteiger partial charge in [-0.1, -0.05) is 22.9 Å². The molecule has 3 nitrogen and oxygen atoms in total. The Morgan fingerprint density at radius 3 is 2.94 bits per heavy atom. The number of nitrogens with one attached hydrogen (secondary N) is 1. The number of carbonyl (C=O) groups is 1. The van der Waals surface area contributed by atoms with Gasteiger partial charge < -0.3 is 10.4 Å². The molecule has 0 aliphatic rings. The third-order valence-corrected chi connectivity index (χ3v) is 3.92. The minimum atomic E-state index is -0.466. The summed E-state index contributed by atoms with van der Waals surface area (Å²) in [6, 6.07) is 4.48. The van der Waals surface area contributed by atoms with Gasteiger partial charge in [-0.3, -0.25) is 4.79 Å². The van der Waals surface area contributed by atoms with Gasteiger partial charge in [-0.15, -0.1) is 0 Å². The molecule has 1 atom stereocenters. The first-order chi connectivity index (χ1) is 8.52. The molecular formula is C12H15BrFNO2S. The molecule has 0 radical (unpaired) electrons. The topological polar surface area (TPSA) is 49.3 Å². The van der Waals surface area contributed by atoms with E-state index in [-0.39, 0.29) is 29.9 Å². The van der Waals surface area contributed by atoms with Crippen molar-refractivity contribution in [3.63, 3.8) is 0 Å². The molecule has 6 heteroatoms. The van der Waals surface area contributed by atoms with E-state index in [0.29, 0.717) is 10.2 Å². The van der Waals surface area contributed by atoms with Crippen LogP contribution in [0.5, 0.6) is 0 Å². The Morgan fingerprint density at radius 1 is 1.61 bits per heavy atom. The molecule has 0 heterocycles. The van der Waals surface area contributed by atoms with Crippen LogP contribution in [0.1, 0.15) is 6.92 Å². The fourth-order valence-electron chi connectivity index (χ4n) is 1.18. The predicted molar refractivity (Wildman–Crippen MR) is 76.3 cm³/mol. The van der Waals surface area contributed by atoms with E-state index in [2.05, 4.69) is 21.2 Å². The van der Waals surface area contributed by atoms with Gasteiger partial charge in [0.25, 0.3) is 0 Å². The van der Waals surface area contributed by atoms with E-state index >= 15 is 0 Å². The van der Waals surface area contributed by atoms with Gasteiger partial charge in [0.05, 0.1) is 11.4 Å². The first-order valence-corrected chi connectivity index (χ1v) is 7.41. The number of anilines is 1. The molecule has 1 aromatic rings. The lowest BCUT2D eigenvalue weighted by Crippen LogP contribution is -2.16. The predicted octanol–water partition coefficient (Wildman–Crippen LogP) is 2.89. The number of hydrogen-bond donors (Lipinski definition) is 2. The van der Waals surface area contributed by atoms with Crippen molar-refractivity contribution in [2.75, 3.05) is 23.4 Å². The molecule has 1 unspecified atom stereocenters. The van der Waals surface area contributed by atoms with Crippen LogP contribution in [0, 0.1) is 11.7 Å². The molecule has 0 fully saturated rings. The fourth-order valence-corrected chi connectivity index (χ4v) is 2.40. The van der Waals surface area contributed by atoms with Crippen LogP contribution in [-0.2, 0) is 4.79 Å². The molecule has 0 bridgehead atoms. The molecule has 0 aliphatic carbocycles. The van der Waals surface area contributed by atoms with Gasteiger partial charge in [0.1, 0.15) is 5.82 Å². The Kier molecular flexibility index (Phi) is 6.67. The molecule has 100 valence electrons. The number of aliphatic hydroxyl groups is 1. The maximum Gasteiger partial charge on any atom is 0.234 e. The number of halogens is 2. The smallest absolute Gasteiger partial charge is 0.234 e. The maximum atomic E-state index is 13.4. The molecule has 18 heavy (non-hydrogen) atoms. The monoisotopic (exact) mass is 335 g/mol. The van der Waals surface area contributed by atoms with Gasteiger partial charge in [-0.2, -0.15) is 11.8 Å². The van der Waals surface area contributed by atoms with E-state index in [1.54, 1.807) is 6.07 Å². The van der Waals surface area contributed by atoms with Crippen LogP contribution in [0.2, 0.25) is 0 Å². The highest BCUT2D eigenvalue weighted by atomic mass is 79.9. The van der Waals surface area contributed by atoms with Gasteiger partial charge in [-0.05, 0) is 29.9 Å². The summed E-state index contributed by atoms with van der Waals surface area (Å²) in [6.07, 6.45) is 0. The van der Waals surface area contributed by atoms with Crippen LogP contribution in [0.25, 0.3) is 0 Å². The summed E-state index contributed by atoms with van der Waals surface area (Å²) in [5.74, 6) is 0.400. The molecule has 0 spiro atoms. The van der Waals surface area contributed by atoms with Gasteiger partial charge in [-0.25, -0.2) is 4.39 Å². The molecule has 0 aromatic heterocycles. The van der Waals surface area contributed by atoms with Gasteiger partial charge >= 0.3 is 0 Å². The van der Waals surface area contributed by atoms with Crippen molar-refractivity contribution in [2.45, 2.75) is 6.92 Å². The molecule has 0 saturated heterocycles. The van der Waals surface area contributed by atoms with E-state index in [1.165, 1.54) is 23.9 Å². The van der Waals surface area contributed by atoms with Crippen LogP contribution in [0.15, 0.2) is 22.7 Å². The number of amides is 1. The molecule has 0 saturated carbocycles. The number of rotatable bonds is 6. The Hall–Kier alpha value is -0.590. The van der Waals surface area contributed by atoms with Crippen molar-refractivity contribution in [3.8, 4) is 0 Å². The van der Waals surface area contributed by atoms with Crippen molar-refractivity contribution in [3.05, 3.63) is 28.5 Å². The first kappa shape index (κ1) is 15.5. The van der Waals surface area contributed by atoms with Crippen molar-refractivity contribution >= 4 is 39.3 Å². The van der Waals surface area contributed by atoms with Crippen LogP contribution in [-0.4, -0.2) is 29.1 Å². The number of hydrogen-bond acceptors (Lipinski definition) is 3. The van der Waals surface area contributed by atoms with Gasteiger partial charge in [0, 0.05) is 11.1 Å². The first-order valence-electron chi connectivity index (χ1n) is 5.46. The highest BCUT2D eigenvalue weighted by Crippen LogP contribution is 2.19. The van der Waals surface area contributed by atoms with Crippen LogP contribution in [0.4, 0.5) is 10.1 Å². The van der Waals surface area contributed by atoms with Crippen LogP contribution in [0.3, 0.4) is 0 Å². The quantitative estimate of drug-likeness (QED) is 0.840. The SMILES string of the molecule is CC(CO)CSCC(=O)Nc1ccc(Br)cc1F. The second-order valence-corrected chi connectivity index (χ2v) is 5.92. The summed E-state index contributed by atoms with van der Waals surface area (Å²) >= 11 is 4.57. The molecule has 0 aliphatic heterocycles. The zero-order valence-corrected chi connectivity index (χ0v) is 12.4. The van der Waals surface area contributed by atoms with Gasteiger partial charge in [0.2, 0.25) is 5.91 Å². The van der Waals surface area contributed by atoms with E-state index in [0.717, 1.165) is 0 Å². The lowest BCUT2D eigenvalue weighted by molar-refractivity contribution is -0.113. The molecular weight excluding hydrogens is 321 g/mol. The average molecular weight is 336 g/mol. The summed E-state index contributed by atoms with van der Waals surface area (Å²) in [5.41, 5.74) is 0.180. The zero-order chi connectivity index (χ0) is 13.5. The Balaban J connectivity index is 2.40. The summed E-state index contributed by atoms with van der Waals surface area (Å²) in [6.45, 7) is 2.01. The minimum absolute atomic E-state index is 0.107. The summed E-state index contributed by atoms with van der Waals surface area (Å²) in [5, 5.41) is 11.3. The van der Waals surface area contributed by atoms with Crippen molar-refractivity contribution in [1.82, 2.24) is 0 Å². The molecule has 1 aromatic carbocycles. The lowest BCUT2D eigenvalue weighted by atomic mass is 10.2. The third kappa shape index (κ3) is 5.37. The average Bonchev–Trinajstić information content (AvgIpc) is 2.32. The number of benzene rings is 1. The van der Waals surface area contributed by atoms with E-state index in [1.807, 2.05) is 6.92 Å². The Bertz CT molecular complexity index is 417. The second kappa shape index (κ2) is 7.76. The van der Waals surface area contributed by atoms with Crippen molar-refractivity contribution < 1.29 is 14.3 Å². The summed E-state index contributed by atoms with van der Waals surface area (Å²) < 4.78 is 14.1. The highest BCUT2D eigenvalue weighted by Gasteiger charge is 2.08. The molecule has 1 amide bonds. The molecule has 2 N–H and O–H groups in total. The Labute approximate surface area is 118 Å². The number of aliphatic hydroxyl groups excluding tert-OH is 1. The van der Waals surface area contributed by atoms with Crippen LogP contribution < -0.4 is 5.32 Å². The van der Waals surface area contributed by atoms with Crippen molar-refractivity contribution in [2.24, 2.45) is 5.92 Å².